The van der Waals surface area contributed by atoms with Crippen LogP contribution < -0.4 is 16.0 Å². The molecule has 0 amide bonds. The second kappa shape index (κ2) is 11.9. The van der Waals surface area contributed by atoms with Crippen molar-refractivity contribution in [2.24, 2.45) is 10.7 Å². The number of allylic oxidation sites excluding steroid dienone is 7. The number of anilines is 2. The minimum absolute atomic E-state index is 0.370. The molecule has 1 aliphatic carbocycles. The third kappa shape index (κ3) is 7.69. The van der Waals surface area contributed by atoms with Gasteiger partial charge in [0.15, 0.2) is 10.3 Å². The van der Waals surface area contributed by atoms with Gasteiger partial charge in [-0.15, -0.1) is 0 Å². The summed E-state index contributed by atoms with van der Waals surface area (Å²) in [5, 5.41) is 3.98. The van der Waals surface area contributed by atoms with Gasteiger partial charge in [0.2, 0.25) is 0 Å². The van der Waals surface area contributed by atoms with E-state index in [1.807, 2.05) is 42.5 Å². The van der Waals surface area contributed by atoms with E-state index in [4.69, 9.17) is 18.0 Å². The van der Waals surface area contributed by atoms with Gasteiger partial charge in [0, 0.05) is 36.3 Å². The Kier molecular flexibility index (Phi) is 8.94. The molecule has 0 radical (unpaired) electrons. The predicted molar refractivity (Wildman–Crippen MR) is 141 cm³/mol. The fraction of sp³-hybridized carbons (Fsp3) is 0.333. The Morgan fingerprint density at radius 3 is 2.52 bits per heavy atom. The average molecular weight is 454 g/mol. The summed E-state index contributed by atoms with van der Waals surface area (Å²) in [6, 6.07) is 9.05. The summed E-state index contributed by atoms with van der Waals surface area (Å²) in [7, 11) is 4.33. The molecule has 0 spiro atoms. The van der Waals surface area contributed by atoms with Crippen molar-refractivity contribution in [3.63, 3.8) is 0 Å². The summed E-state index contributed by atoms with van der Waals surface area (Å²) >= 11 is 6.84. The maximum Gasteiger partial charge on any atom is 0.199 e. The molecule has 5 nitrogen and oxygen atoms in total. The van der Waals surface area contributed by atoms with E-state index in [1.165, 1.54) is 35.9 Å². The molecule has 7 heteroatoms. The van der Waals surface area contributed by atoms with Gasteiger partial charge in [-0.1, -0.05) is 54.3 Å². The van der Waals surface area contributed by atoms with Crippen LogP contribution in [0.2, 0.25) is 0 Å². The molecule has 0 unspecified atom stereocenters. The first-order chi connectivity index (χ1) is 15.0. The zero-order valence-electron chi connectivity index (χ0n) is 18.2. The molecule has 1 fully saturated rings. The van der Waals surface area contributed by atoms with Crippen LogP contribution in [0.15, 0.2) is 77.4 Å². The number of hydrogen-bond acceptors (Lipinski definition) is 4. The van der Waals surface area contributed by atoms with Gasteiger partial charge in [-0.25, -0.2) is 0 Å². The highest BCUT2D eigenvalue weighted by molar-refractivity contribution is 8.14. The summed E-state index contributed by atoms with van der Waals surface area (Å²) < 4.78 is 0. The molecule has 3 rings (SSSR count). The number of piperidine rings is 1. The third-order valence-corrected chi connectivity index (χ3v) is 6.40. The number of amidine groups is 1. The molecule has 31 heavy (non-hydrogen) atoms. The van der Waals surface area contributed by atoms with Crippen LogP contribution in [0.4, 0.5) is 11.4 Å². The normalized spacial score (nSPS) is 22.2. The number of hydrogen-bond donors (Lipinski definition) is 2. The van der Waals surface area contributed by atoms with E-state index < -0.39 is 0 Å². The number of nitrogens with one attached hydrogen (secondary N) is 1. The minimum atomic E-state index is 0.370. The van der Waals surface area contributed by atoms with Crippen LogP contribution in [0.25, 0.3) is 0 Å². The van der Waals surface area contributed by atoms with Crippen LogP contribution >= 0.6 is 24.0 Å². The Bertz CT molecular complexity index is 889. The molecule has 0 saturated carbocycles. The van der Waals surface area contributed by atoms with Gasteiger partial charge in [-0.3, -0.25) is 0 Å². The van der Waals surface area contributed by atoms with Gasteiger partial charge >= 0.3 is 0 Å². The molecule has 1 aromatic rings. The van der Waals surface area contributed by atoms with E-state index in [0.29, 0.717) is 16.3 Å². The molecule has 1 heterocycles. The maximum absolute atomic E-state index is 6.06. The Balaban J connectivity index is 1.47. The quantitative estimate of drug-likeness (QED) is 0.387. The van der Waals surface area contributed by atoms with E-state index in [-0.39, 0.29) is 0 Å². The number of benzene rings is 1. The largest absolute Gasteiger partial charge is 0.378 e. The highest BCUT2D eigenvalue weighted by Crippen LogP contribution is 2.23. The summed E-state index contributed by atoms with van der Waals surface area (Å²) in [6.07, 6.45) is 16.6. The number of aliphatic imine (C=N–C) groups is 1. The van der Waals surface area contributed by atoms with E-state index in [2.05, 4.69) is 58.5 Å². The molecule has 164 valence electrons. The highest BCUT2D eigenvalue weighted by Gasteiger charge is 2.20. The Hall–Kier alpha value is -2.35. The molecule has 0 atom stereocenters. The first kappa shape index (κ1) is 23.3. The lowest BCUT2D eigenvalue weighted by molar-refractivity contribution is 0.249. The maximum atomic E-state index is 6.06. The fourth-order valence-electron chi connectivity index (χ4n) is 3.54. The van der Waals surface area contributed by atoms with Gasteiger partial charge in [0.1, 0.15) is 0 Å². The van der Waals surface area contributed by atoms with Crippen LogP contribution in [0.1, 0.15) is 12.8 Å². The van der Waals surface area contributed by atoms with Crippen LogP contribution in [0.5, 0.6) is 0 Å². The van der Waals surface area contributed by atoms with Crippen molar-refractivity contribution in [1.82, 2.24) is 4.90 Å². The van der Waals surface area contributed by atoms with Crippen molar-refractivity contribution in [3.8, 4) is 0 Å². The van der Waals surface area contributed by atoms with Gasteiger partial charge in [-0.05, 0) is 69.0 Å². The smallest absolute Gasteiger partial charge is 0.199 e. The first-order valence-corrected chi connectivity index (χ1v) is 11.9. The van der Waals surface area contributed by atoms with Gasteiger partial charge in [0.25, 0.3) is 0 Å². The van der Waals surface area contributed by atoms with Crippen LogP contribution in [-0.4, -0.2) is 54.2 Å². The lowest BCUT2D eigenvalue weighted by atomic mass is 10.0. The topological polar surface area (TPSA) is 56.9 Å². The van der Waals surface area contributed by atoms with Crippen LogP contribution in [-0.2, 0) is 0 Å². The first-order valence-electron chi connectivity index (χ1n) is 10.5. The number of nitrogens with two attached hydrogens (primary N) is 1. The predicted octanol–water partition coefficient (Wildman–Crippen LogP) is 4.57. The standard InChI is InChI=1S/C24H31N5S2/c1-28(2)21-14-16-29(17-15-21)22-12-10-20(11-13-22)26-24(30)27-23(25)31-18-19-8-6-4-3-5-7-9-19/h3-13,21H,14-18H2,1-2H3,(H3,25,26,27,30)/b4-3-,5-3?,6-4?,7-5-,8-6-,9-7?,19-8?,19-9+. The zero-order valence-corrected chi connectivity index (χ0v) is 19.8. The van der Waals surface area contributed by atoms with Crippen molar-refractivity contribution >= 4 is 45.6 Å². The number of nitrogens with zero attached hydrogens (tertiary/aromatic N) is 3. The van der Waals surface area contributed by atoms with Crippen molar-refractivity contribution in [1.29, 1.82) is 0 Å². The summed E-state index contributed by atoms with van der Waals surface area (Å²) in [5.74, 6) is 0.742. The van der Waals surface area contributed by atoms with Crippen molar-refractivity contribution in [2.45, 2.75) is 18.9 Å². The highest BCUT2D eigenvalue weighted by atomic mass is 32.2. The molecule has 0 bridgehead atoms. The molecule has 1 saturated heterocycles. The Morgan fingerprint density at radius 1 is 1.13 bits per heavy atom. The lowest BCUT2D eigenvalue weighted by Gasteiger charge is -2.36. The molecule has 1 aliphatic heterocycles. The molecule has 3 N–H and O–H groups in total. The monoisotopic (exact) mass is 453 g/mol. The van der Waals surface area contributed by atoms with Crippen LogP contribution in [0, 0.1) is 0 Å². The van der Waals surface area contributed by atoms with Gasteiger partial charge in [0.05, 0.1) is 0 Å². The average Bonchev–Trinajstić information content (AvgIpc) is 2.73. The van der Waals surface area contributed by atoms with Crippen molar-refractivity contribution in [3.05, 3.63) is 72.4 Å². The number of thiocarbonyl (C=S) groups is 1. The van der Waals surface area contributed by atoms with E-state index in [1.54, 1.807) is 0 Å². The van der Waals surface area contributed by atoms with E-state index >= 15 is 0 Å². The Labute approximate surface area is 195 Å². The molecular formula is C24H31N5S2. The second-order valence-electron chi connectivity index (χ2n) is 7.77. The van der Waals surface area contributed by atoms with Crippen LogP contribution in [0.3, 0.4) is 0 Å². The molecule has 0 aromatic heterocycles. The molecular weight excluding hydrogens is 422 g/mol. The SMILES string of the molecule is CN(C)C1CCN(c2ccc(NC(=S)/N=C(\N)SCC3=C/C=C\C=C/C=C\3)cc2)CC1. The summed E-state index contributed by atoms with van der Waals surface area (Å²) in [5.41, 5.74) is 9.40. The van der Waals surface area contributed by atoms with Gasteiger partial charge in [-0.2, -0.15) is 4.99 Å². The third-order valence-electron chi connectivity index (χ3n) is 5.34. The zero-order chi connectivity index (χ0) is 22.1. The van der Waals surface area contributed by atoms with Gasteiger partial charge < -0.3 is 20.9 Å². The Morgan fingerprint density at radius 2 is 1.81 bits per heavy atom. The summed E-state index contributed by atoms with van der Waals surface area (Å²) in [6.45, 7) is 2.17. The van der Waals surface area contributed by atoms with Crippen molar-refractivity contribution in [2.75, 3.05) is 43.2 Å². The van der Waals surface area contributed by atoms with E-state index in [9.17, 15) is 0 Å². The molecule has 1 aromatic carbocycles. The lowest BCUT2D eigenvalue weighted by Crippen LogP contribution is -2.41. The molecule has 2 aliphatic rings. The van der Waals surface area contributed by atoms with E-state index in [0.717, 1.165) is 24.5 Å². The van der Waals surface area contributed by atoms with Crippen molar-refractivity contribution < 1.29 is 0 Å². The summed E-state index contributed by atoms with van der Waals surface area (Å²) in [4.78, 5) is 9.09. The second-order valence-corrected chi connectivity index (χ2v) is 9.15. The fourth-order valence-corrected chi connectivity index (χ4v) is 4.48. The minimum Gasteiger partial charge on any atom is -0.378 e. The number of rotatable bonds is 5. The number of thioether (sulfide) groups is 1.